The molecule has 2 amide bonds. The Bertz CT molecular complexity index is 668. The molecule has 0 aromatic carbocycles. The number of nitrogens with zero attached hydrogens (tertiary/aromatic N) is 4. The van der Waals surface area contributed by atoms with E-state index < -0.39 is 5.91 Å². The first kappa shape index (κ1) is 12.7. The molecule has 0 saturated heterocycles. The minimum absolute atomic E-state index is 0.0123. The fourth-order valence-corrected chi connectivity index (χ4v) is 2.14. The van der Waals surface area contributed by atoms with E-state index in [1.165, 1.54) is 28.4 Å². The van der Waals surface area contributed by atoms with Crippen LogP contribution in [0.5, 0.6) is 0 Å². The molecule has 0 spiro atoms. The van der Waals surface area contributed by atoms with E-state index in [4.69, 9.17) is 11.0 Å². The van der Waals surface area contributed by atoms with Crippen molar-refractivity contribution in [1.29, 1.82) is 5.26 Å². The van der Waals surface area contributed by atoms with Gasteiger partial charge < -0.3 is 11.1 Å². The summed E-state index contributed by atoms with van der Waals surface area (Å²) in [6, 6.07) is 3.29. The summed E-state index contributed by atoms with van der Waals surface area (Å²) in [6.45, 7) is -0.106. The van der Waals surface area contributed by atoms with Gasteiger partial charge in [-0.15, -0.1) is 16.4 Å². The molecule has 2 aromatic heterocycles. The summed E-state index contributed by atoms with van der Waals surface area (Å²) < 4.78 is 1.23. The van der Waals surface area contributed by atoms with E-state index in [2.05, 4.69) is 15.4 Å². The van der Waals surface area contributed by atoms with Gasteiger partial charge in [0, 0.05) is 0 Å². The van der Waals surface area contributed by atoms with Crippen molar-refractivity contribution < 1.29 is 9.59 Å². The zero-order chi connectivity index (χ0) is 13.8. The zero-order valence-electron chi connectivity index (χ0n) is 9.53. The molecule has 96 valence electrons. The molecule has 0 aliphatic carbocycles. The molecule has 2 aromatic rings. The Labute approximate surface area is 111 Å². The molecule has 0 saturated carbocycles. The van der Waals surface area contributed by atoms with Crippen molar-refractivity contribution in [3.63, 3.8) is 0 Å². The lowest BCUT2D eigenvalue weighted by Crippen LogP contribution is -2.21. The fourth-order valence-electron chi connectivity index (χ4n) is 1.34. The van der Waals surface area contributed by atoms with Crippen LogP contribution in [0.2, 0.25) is 0 Å². The van der Waals surface area contributed by atoms with Gasteiger partial charge in [0.15, 0.2) is 0 Å². The highest BCUT2D eigenvalue weighted by Gasteiger charge is 2.13. The topological polar surface area (TPSA) is 127 Å². The highest BCUT2D eigenvalue weighted by molar-refractivity contribution is 7.14. The Morgan fingerprint density at radius 2 is 2.37 bits per heavy atom. The highest BCUT2D eigenvalue weighted by atomic mass is 32.1. The smallest absolute Gasteiger partial charge is 0.252 e. The first-order valence-corrected chi connectivity index (χ1v) is 5.95. The van der Waals surface area contributed by atoms with Crippen LogP contribution in [0.15, 0.2) is 17.8 Å². The average Bonchev–Trinajstić information content (AvgIpc) is 2.97. The van der Waals surface area contributed by atoms with Gasteiger partial charge in [0.25, 0.3) is 11.7 Å². The molecule has 9 heteroatoms. The van der Waals surface area contributed by atoms with Crippen LogP contribution in [-0.2, 0) is 11.3 Å². The molecular weight excluding hydrogens is 268 g/mol. The molecule has 0 aliphatic heterocycles. The first-order valence-electron chi connectivity index (χ1n) is 5.07. The average molecular weight is 276 g/mol. The molecule has 8 nitrogen and oxygen atoms in total. The maximum atomic E-state index is 11.7. The number of hydrogen-bond acceptors (Lipinski definition) is 6. The molecule has 0 atom stereocenters. The van der Waals surface area contributed by atoms with Gasteiger partial charge in [-0.05, 0) is 11.4 Å². The number of nitrogens with two attached hydrogens (primary N) is 1. The Morgan fingerprint density at radius 1 is 1.58 bits per heavy atom. The van der Waals surface area contributed by atoms with Crippen LogP contribution in [0.25, 0.3) is 0 Å². The molecule has 0 unspecified atom stereocenters. The van der Waals surface area contributed by atoms with Gasteiger partial charge >= 0.3 is 0 Å². The lowest BCUT2D eigenvalue weighted by atomic mass is 10.3. The third kappa shape index (κ3) is 2.93. The summed E-state index contributed by atoms with van der Waals surface area (Å²) >= 11 is 1.20. The van der Waals surface area contributed by atoms with Crippen LogP contribution in [0.3, 0.4) is 0 Å². The van der Waals surface area contributed by atoms with Crippen molar-refractivity contribution in [2.24, 2.45) is 5.73 Å². The SMILES string of the molecule is N#Cc1ncn(CC(=O)Nc2sccc2C(N)=O)n1. The quantitative estimate of drug-likeness (QED) is 0.809. The molecule has 0 fully saturated rings. The van der Waals surface area contributed by atoms with Gasteiger partial charge in [-0.2, -0.15) is 5.26 Å². The third-order valence-corrected chi connectivity index (χ3v) is 2.96. The lowest BCUT2D eigenvalue weighted by molar-refractivity contribution is -0.116. The number of anilines is 1. The second-order valence-electron chi connectivity index (χ2n) is 3.45. The van der Waals surface area contributed by atoms with Crippen LogP contribution >= 0.6 is 11.3 Å². The van der Waals surface area contributed by atoms with Crippen molar-refractivity contribution in [1.82, 2.24) is 14.8 Å². The van der Waals surface area contributed by atoms with Crippen LogP contribution < -0.4 is 11.1 Å². The molecule has 2 heterocycles. The van der Waals surface area contributed by atoms with Crippen LogP contribution in [0.1, 0.15) is 16.2 Å². The van der Waals surface area contributed by atoms with Gasteiger partial charge in [-0.1, -0.05) is 0 Å². The number of carbonyl (C=O) groups excluding carboxylic acids is 2. The molecule has 2 rings (SSSR count). The van der Waals surface area contributed by atoms with Gasteiger partial charge in [0.1, 0.15) is 23.9 Å². The van der Waals surface area contributed by atoms with Gasteiger partial charge in [0.05, 0.1) is 5.56 Å². The molecular formula is C10H8N6O2S. The molecule has 19 heavy (non-hydrogen) atoms. The fraction of sp³-hybridized carbons (Fsp3) is 0.100. The van der Waals surface area contributed by atoms with Gasteiger partial charge in [0.2, 0.25) is 5.91 Å². The third-order valence-electron chi connectivity index (χ3n) is 2.13. The summed E-state index contributed by atoms with van der Waals surface area (Å²) in [6.07, 6.45) is 1.28. The number of nitrogens with one attached hydrogen (secondary N) is 1. The number of thiophene rings is 1. The maximum absolute atomic E-state index is 11.7. The van der Waals surface area contributed by atoms with E-state index in [-0.39, 0.29) is 23.8 Å². The molecule has 0 radical (unpaired) electrons. The number of primary amides is 1. The largest absolute Gasteiger partial charge is 0.366 e. The normalized spacial score (nSPS) is 9.84. The van der Waals surface area contributed by atoms with Crippen molar-refractivity contribution >= 4 is 28.2 Å². The summed E-state index contributed by atoms with van der Waals surface area (Å²) in [4.78, 5) is 26.5. The second kappa shape index (κ2) is 5.28. The van der Waals surface area contributed by atoms with E-state index in [1.54, 1.807) is 11.4 Å². The van der Waals surface area contributed by atoms with E-state index >= 15 is 0 Å². The summed E-state index contributed by atoms with van der Waals surface area (Å²) in [5.74, 6) is -1.01. The van der Waals surface area contributed by atoms with Crippen LogP contribution in [0.4, 0.5) is 5.00 Å². The van der Waals surface area contributed by atoms with E-state index in [0.717, 1.165) is 0 Å². The van der Waals surface area contributed by atoms with E-state index in [9.17, 15) is 9.59 Å². The molecule has 0 bridgehead atoms. The van der Waals surface area contributed by atoms with Crippen molar-refractivity contribution in [3.05, 3.63) is 29.2 Å². The molecule has 0 aliphatic rings. The second-order valence-corrected chi connectivity index (χ2v) is 4.37. The zero-order valence-corrected chi connectivity index (χ0v) is 10.3. The standard InChI is InChI=1S/C10H8N6O2S/c11-3-7-13-5-16(15-7)4-8(17)14-10-6(9(12)18)1-2-19-10/h1-2,5H,4H2,(H2,12,18)(H,14,17). The number of nitriles is 1. The van der Waals surface area contributed by atoms with Crippen molar-refractivity contribution in [2.45, 2.75) is 6.54 Å². The Hall–Kier alpha value is -2.73. The first-order chi connectivity index (χ1) is 9.10. The minimum Gasteiger partial charge on any atom is -0.366 e. The number of amides is 2. The summed E-state index contributed by atoms with van der Waals surface area (Å²) in [5, 5.41) is 16.9. The Balaban J connectivity index is 2.03. The summed E-state index contributed by atoms with van der Waals surface area (Å²) in [5.41, 5.74) is 5.42. The number of hydrogen-bond donors (Lipinski definition) is 2. The van der Waals surface area contributed by atoms with Crippen LogP contribution in [0, 0.1) is 11.3 Å². The van der Waals surface area contributed by atoms with Crippen LogP contribution in [-0.4, -0.2) is 26.6 Å². The minimum atomic E-state index is -0.607. The predicted octanol–water partition coefficient (Wildman–Crippen LogP) is -0.0511. The van der Waals surface area contributed by atoms with E-state index in [0.29, 0.717) is 5.00 Å². The monoisotopic (exact) mass is 276 g/mol. The number of aromatic nitrogens is 3. The van der Waals surface area contributed by atoms with Crippen molar-refractivity contribution in [2.75, 3.05) is 5.32 Å². The lowest BCUT2D eigenvalue weighted by Gasteiger charge is -2.04. The number of rotatable bonds is 4. The maximum Gasteiger partial charge on any atom is 0.252 e. The van der Waals surface area contributed by atoms with Gasteiger partial charge in [-0.25, -0.2) is 9.67 Å². The Kier molecular flexibility index (Phi) is 3.53. The number of carbonyl (C=O) groups is 2. The highest BCUT2D eigenvalue weighted by Crippen LogP contribution is 2.22. The Morgan fingerprint density at radius 3 is 3.00 bits per heavy atom. The summed E-state index contributed by atoms with van der Waals surface area (Å²) in [7, 11) is 0. The van der Waals surface area contributed by atoms with E-state index in [1.807, 2.05) is 0 Å². The van der Waals surface area contributed by atoms with Gasteiger partial charge in [-0.3, -0.25) is 9.59 Å². The predicted molar refractivity (Wildman–Crippen MR) is 66.2 cm³/mol. The molecule has 3 N–H and O–H groups in total. The van der Waals surface area contributed by atoms with Crippen molar-refractivity contribution in [3.8, 4) is 6.07 Å².